The lowest BCUT2D eigenvalue weighted by molar-refractivity contribution is -0.142. The average molecular weight is 356 g/mol. The fourth-order valence-corrected chi connectivity index (χ4v) is 3.48. The van der Waals surface area contributed by atoms with E-state index in [4.69, 9.17) is 0 Å². The number of hydrogen-bond acceptors (Lipinski definition) is 4. The summed E-state index contributed by atoms with van der Waals surface area (Å²) in [7, 11) is 3.40. The highest BCUT2D eigenvalue weighted by atomic mass is 16.2. The lowest BCUT2D eigenvalue weighted by atomic mass is 10.1. The summed E-state index contributed by atoms with van der Waals surface area (Å²) in [4.78, 5) is 45.0. The lowest BCUT2D eigenvalue weighted by Gasteiger charge is -2.26. The van der Waals surface area contributed by atoms with E-state index in [1.165, 1.54) is 15.8 Å². The number of nitrogens with zero attached hydrogens (tertiary/aromatic N) is 4. The molecule has 1 aromatic heterocycles. The Bertz CT molecular complexity index is 903. The molecular weight excluding hydrogens is 332 g/mol. The van der Waals surface area contributed by atoms with E-state index < -0.39 is 0 Å². The van der Waals surface area contributed by atoms with E-state index in [0.717, 1.165) is 12.0 Å². The van der Waals surface area contributed by atoms with E-state index in [2.05, 4.69) is 4.98 Å². The number of carbonyl (C=O) groups is 2. The molecule has 2 amide bonds. The van der Waals surface area contributed by atoms with Crippen LogP contribution in [0.5, 0.6) is 0 Å². The summed E-state index contributed by atoms with van der Waals surface area (Å²) in [6.07, 6.45) is 3.19. The second-order valence-corrected chi connectivity index (χ2v) is 6.94. The molecule has 2 heterocycles. The number of fused-ring (bicyclic) bond motifs is 1. The summed E-state index contributed by atoms with van der Waals surface area (Å²) in [5.41, 5.74) is 1.50. The first-order valence-corrected chi connectivity index (χ1v) is 8.85. The summed E-state index contributed by atoms with van der Waals surface area (Å²) in [5.74, 6) is -0.144. The first-order valence-electron chi connectivity index (χ1n) is 8.85. The van der Waals surface area contributed by atoms with Gasteiger partial charge in [0.2, 0.25) is 11.8 Å². The van der Waals surface area contributed by atoms with E-state index in [1.54, 1.807) is 25.1 Å². The minimum Gasteiger partial charge on any atom is -0.347 e. The number of aromatic nitrogens is 2. The molecule has 0 bridgehead atoms. The van der Waals surface area contributed by atoms with Crippen molar-refractivity contribution in [1.29, 1.82) is 0 Å². The molecule has 7 nitrogen and oxygen atoms in total. The van der Waals surface area contributed by atoms with Gasteiger partial charge in [0.05, 0.1) is 17.2 Å². The normalized spacial score (nSPS) is 16.9. The zero-order valence-corrected chi connectivity index (χ0v) is 15.4. The predicted octanol–water partition coefficient (Wildman–Crippen LogP) is 1.17. The Balaban J connectivity index is 1.74. The minimum absolute atomic E-state index is 0.0455. The predicted molar refractivity (Wildman–Crippen MR) is 98.8 cm³/mol. The molecule has 26 heavy (non-hydrogen) atoms. The van der Waals surface area contributed by atoms with Crippen molar-refractivity contribution in [1.82, 2.24) is 19.4 Å². The van der Waals surface area contributed by atoms with Gasteiger partial charge >= 0.3 is 0 Å². The molecule has 3 rings (SSSR count). The molecule has 7 heteroatoms. The summed E-state index contributed by atoms with van der Waals surface area (Å²) in [6, 6.07) is 5.12. The van der Waals surface area contributed by atoms with Gasteiger partial charge < -0.3 is 9.80 Å². The minimum atomic E-state index is -0.383. The molecule has 1 atom stereocenters. The maximum atomic E-state index is 12.6. The first-order chi connectivity index (χ1) is 12.4. The van der Waals surface area contributed by atoms with Crippen LogP contribution in [-0.2, 0) is 16.1 Å². The maximum absolute atomic E-state index is 12.6. The van der Waals surface area contributed by atoms with Crippen LogP contribution in [0.1, 0.15) is 24.8 Å². The molecule has 0 aliphatic carbocycles. The molecule has 0 radical (unpaired) electrons. The van der Waals surface area contributed by atoms with Crippen LogP contribution in [-0.4, -0.2) is 57.8 Å². The van der Waals surface area contributed by atoms with Gasteiger partial charge in [0.15, 0.2) is 0 Å². The molecule has 1 saturated heterocycles. The summed E-state index contributed by atoms with van der Waals surface area (Å²) < 4.78 is 1.47. The SMILES string of the molecule is Cc1cccc2c(=O)n(CCC(=O)N3CCCC3C(=O)N(C)C)cnc12. The number of rotatable bonds is 4. The summed E-state index contributed by atoms with van der Waals surface area (Å²) >= 11 is 0. The first kappa shape index (κ1) is 18.1. The van der Waals surface area contributed by atoms with Crippen molar-refractivity contribution in [3.8, 4) is 0 Å². The molecule has 0 spiro atoms. The quantitative estimate of drug-likeness (QED) is 0.824. The Morgan fingerprint density at radius 2 is 2.08 bits per heavy atom. The van der Waals surface area contributed by atoms with E-state index in [9.17, 15) is 14.4 Å². The molecule has 138 valence electrons. The molecule has 2 aromatic rings. The van der Waals surface area contributed by atoms with Crippen molar-refractivity contribution >= 4 is 22.7 Å². The van der Waals surface area contributed by atoms with Crippen LogP contribution in [0.25, 0.3) is 10.9 Å². The largest absolute Gasteiger partial charge is 0.347 e. The topological polar surface area (TPSA) is 75.5 Å². The van der Waals surface area contributed by atoms with Crippen molar-refractivity contribution in [3.63, 3.8) is 0 Å². The summed E-state index contributed by atoms with van der Waals surface area (Å²) in [6.45, 7) is 2.76. The Morgan fingerprint density at radius 3 is 2.81 bits per heavy atom. The van der Waals surface area contributed by atoms with Crippen molar-refractivity contribution in [3.05, 3.63) is 40.4 Å². The van der Waals surface area contributed by atoms with Gasteiger partial charge in [0, 0.05) is 33.6 Å². The number of para-hydroxylation sites is 1. The second kappa shape index (κ2) is 7.27. The smallest absolute Gasteiger partial charge is 0.261 e. The standard InChI is InChI=1S/C19H24N4O3/c1-13-6-4-7-14-17(13)20-12-22(18(14)25)11-9-16(24)23-10-5-8-15(23)19(26)21(2)3/h4,6-7,12,15H,5,8-11H2,1-3H3. The zero-order valence-electron chi connectivity index (χ0n) is 15.4. The lowest BCUT2D eigenvalue weighted by Crippen LogP contribution is -2.45. The van der Waals surface area contributed by atoms with Gasteiger partial charge in [-0.2, -0.15) is 0 Å². The van der Waals surface area contributed by atoms with Gasteiger partial charge in [-0.3, -0.25) is 19.0 Å². The third-order valence-corrected chi connectivity index (χ3v) is 4.92. The van der Waals surface area contributed by atoms with E-state index in [1.807, 2.05) is 19.1 Å². The molecule has 0 saturated carbocycles. The molecule has 0 N–H and O–H groups in total. The van der Waals surface area contributed by atoms with Crippen molar-refractivity contribution in [2.24, 2.45) is 0 Å². The van der Waals surface area contributed by atoms with Crippen LogP contribution < -0.4 is 5.56 Å². The van der Waals surface area contributed by atoms with E-state index in [-0.39, 0.29) is 36.4 Å². The third-order valence-electron chi connectivity index (χ3n) is 4.92. The van der Waals surface area contributed by atoms with Crippen LogP contribution in [0, 0.1) is 6.92 Å². The van der Waals surface area contributed by atoms with Crippen LogP contribution in [0.4, 0.5) is 0 Å². The van der Waals surface area contributed by atoms with Crippen LogP contribution in [0.2, 0.25) is 0 Å². The molecular formula is C19H24N4O3. The van der Waals surface area contributed by atoms with Crippen molar-refractivity contribution < 1.29 is 9.59 Å². The summed E-state index contributed by atoms with van der Waals surface area (Å²) in [5, 5.41) is 0.557. The highest BCUT2D eigenvalue weighted by Gasteiger charge is 2.34. The highest BCUT2D eigenvalue weighted by Crippen LogP contribution is 2.20. The van der Waals surface area contributed by atoms with Crippen LogP contribution in [0.3, 0.4) is 0 Å². The molecule has 1 fully saturated rings. The Labute approximate surface area is 152 Å². The molecule has 1 aromatic carbocycles. The van der Waals surface area contributed by atoms with Gasteiger partial charge in [-0.1, -0.05) is 12.1 Å². The average Bonchev–Trinajstić information content (AvgIpc) is 3.10. The van der Waals surface area contributed by atoms with Gasteiger partial charge in [0.25, 0.3) is 5.56 Å². The second-order valence-electron chi connectivity index (χ2n) is 6.94. The number of amides is 2. The number of benzene rings is 1. The number of likely N-dealkylation sites (tertiary alicyclic amines) is 1. The van der Waals surface area contributed by atoms with E-state index >= 15 is 0 Å². The van der Waals surface area contributed by atoms with E-state index in [0.29, 0.717) is 23.9 Å². The Morgan fingerprint density at radius 1 is 1.31 bits per heavy atom. The van der Waals surface area contributed by atoms with Gasteiger partial charge in [0.1, 0.15) is 6.04 Å². The maximum Gasteiger partial charge on any atom is 0.261 e. The number of likely N-dealkylation sites (N-methyl/N-ethyl adjacent to an activating group) is 1. The fourth-order valence-electron chi connectivity index (χ4n) is 3.48. The Hall–Kier alpha value is -2.70. The number of hydrogen-bond donors (Lipinski definition) is 0. The van der Waals surface area contributed by atoms with Crippen molar-refractivity contribution in [2.75, 3.05) is 20.6 Å². The monoisotopic (exact) mass is 356 g/mol. The van der Waals surface area contributed by atoms with Crippen LogP contribution in [0.15, 0.2) is 29.3 Å². The molecule has 1 aliphatic heterocycles. The fraction of sp³-hybridized carbons (Fsp3) is 0.474. The third kappa shape index (κ3) is 3.34. The number of aryl methyl sites for hydroxylation is 2. The Kier molecular flexibility index (Phi) is 5.06. The van der Waals surface area contributed by atoms with Crippen LogP contribution >= 0.6 is 0 Å². The van der Waals surface area contributed by atoms with Gasteiger partial charge in [-0.05, 0) is 31.4 Å². The van der Waals surface area contributed by atoms with Gasteiger partial charge in [-0.15, -0.1) is 0 Å². The van der Waals surface area contributed by atoms with Gasteiger partial charge in [-0.25, -0.2) is 4.98 Å². The zero-order chi connectivity index (χ0) is 18.8. The molecule has 1 aliphatic rings. The van der Waals surface area contributed by atoms with Crippen molar-refractivity contribution in [2.45, 2.75) is 38.8 Å². The highest BCUT2D eigenvalue weighted by molar-refractivity contribution is 5.88. The molecule has 1 unspecified atom stereocenters. The number of carbonyl (C=O) groups excluding carboxylic acids is 2.